The molecule has 0 amide bonds. The van der Waals surface area contributed by atoms with Crippen molar-refractivity contribution in [2.24, 2.45) is 0 Å². The number of para-hydroxylation sites is 1. The lowest BCUT2D eigenvalue weighted by atomic mass is 9.65. The molecule has 2 heterocycles. The zero-order chi connectivity index (χ0) is 34.7. The molecule has 2 aliphatic heterocycles. The van der Waals surface area contributed by atoms with Gasteiger partial charge in [-0.1, -0.05) is 149 Å². The summed E-state index contributed by atoms with van der Waals surface area (Å²) in [6, 6.07) is 50.8. The Hall–Kier alpha value is -5.40. The Balaban J connectivity index is 1.21. The van der Waals surface area contributed by atoms with Crippen molar-refractivity contribution in [1.82, 2.24) is 0 Å². The number of aryl methyl sites for hydroxylation is 1. The molecule has 0 spiro atoms. The van der Waals surface area contributed by atoms with Gasteiger partial charge < -0.3 is 4.90 Å². The molecular formula is C50H43N. The molecule has 248 valence electrons. The molecule has 1 heteroatoms. The number of fused-ring (bicyclic) bond motifs is 6. The first-order chi connectivity index (χ1) is 24.7. The number of allylic oxidation sites excluding steroid dienone is 3. The second-order valence-corrected chi connectivity index (χ2v) is 16.1. The van der Waals surface area contributed by atoms with Crippen LogP contribution in [-0.2, 0) is 16.2 Å². The maximum atomic E-state index is 2.60. The first kappa shape index (κ1) is 30.4. The molecule has 51 heavy (non-hydrogen) atoms. The molecule has 0 saturated carbocycles. The Kier molecular flexibility index (Phi) is 6.30. The van der Waals surface area contributed by atoms with Crippen molar-refractivity contribution in [1.29, 1.82) is 0 Å². The monoisotopic (exact) mass is 657 g/mol. The molecule has 0 saturated heterocycles. The molecule has 1 unspecified atom stereocenters. The molecule has 0 N–H and O–H groups in total. The van der Waals surface area contributed by atoms with Crippen molar-refractivity contribution in [2.75, 3.05) is 4.90 Å². The van der Waals surface area contributed by atoms with Gasteiger partial charge in [0.2, 0.25) is 0 Å². The Bertz CT molecular complexity index is 2490. The summed E-state index contributed by atoms with van der Waals surface area (Å²) in [5.74, 6) is 0. The number of anilines is 2. The molecule has 2 aliphatic carbocycles. The molecule has 0 fully saturated rings. The minimum atomic E-state index is -0.422. The van der Waals surface area contributed by atoms with E-state index in [4.69, 9.17) is 0 Å². The molecule has 6 aromatic rings. The maximum absolute atomic E-state index is 2.60. The first-order valence-electron chi connectivity index (χ1n) is 18.6. The van der Waals surface area contributed by atoms with E-state index >= 15 is 0 Å². The van der Waals surface area contributed by atoms with Crippen LogP contribution < -0.4 is 4.90 Å². The second-order valence-electron chi connectivity index (χ2n) is 16.1. The van der Waals surface area contributed by atoms with Crippen LogP contribution in [0.15, 0.2) is 157 Å². The quantitative estimate of drug-likeness (QED) is 0.183. The molecule has 1 atom stereocenters. The average Bonchev–Trinajstić information content (AvgIpc) is 3.45. The van der Waals surface area contributed by atoms with Crippen molar-refractivity contribution < 1.29 is 0 Å². The topological polar surface area (TPSA) is 3.24 Å². The van der Waals surface area contributed by atoms with Gasteiger partial charge in [0.1, 0.15) is 0 Å². The van der Waals surface area contributed by atoms with Gasteiger partial charge in [-0.05, 0) is 116 Å². The van der Waals surface area contributed by atoms with E-state index in [0.29, 0.717) is 0 Å². The van der Waals surface area contributed by atoms with Gasteiger partial charge in [-0.25, -0.2) is 0 Å². The predicted molar refractivity (Wildman–Crippen MR) is 213 cm³/mol. The summed E-state index contributed by atoms with van der Waals surface area (Å²) in [6.07, 6.45) is 6.98. The molecule has 0 bridgehead atoms. The summed E-state index contributed by atoms with van der Waals surface area (Å²) in [7, 11) is 0. The Morgan fingerprint density at radius 3 is 1.94 bits per heavy atom. The first-order valence-corrected chi connectivity index (χ1v) is 18.6. The van der Waals surface area contributed by atoms with Crippen LogP contribution in [0.5, 0.6) is 0 Å². The van der Waals surface area contributed by atoms with Crippen molar-refractivity contribution in [3.63, 3.8) is 0 Å². The van der Waals surface area contributed by atoms with Crippen molar-refractivity contribution in [2.45, 2.75) is 63.7 Å². The minimum absolute atomic E-state index is 0.000185. The molecule has 4 aliphatic rings. The van der Waals surface area contributed by atoms with Crippen molar-refractivity contribution in [3.8, 4) is 22.3 Å². The van der Waals surface area contributed by atoms with Gasteiger partial charge in [0, 0.05) is 16.5 Å². The Labute approximate surface area is 302 Å². The lowest BCUT2D eigenvalue weighted by molar-refractivity contribution is 0.555. The average molecular weight is 658 g/mol. The summed E-state index contributed by atoms with van der Waals surface area (Å²) < 4.78 is 0. The third-order valence-electron chi connectivity index (χ3n) is 12.8. The summed E-state index contributed by atoms with van der Waals surface area (Å²) in [4.78, 5) is 2.60. The largest absolute Gasteiger partial charge is 0.310 e. The van der Waals surface area contributed by atoms with E-state index in [2.05, 4.69) is 185 Å². The van der Waals surface area contributed by atoms with Crippen LogP contribution in [0.25, 0.3) is 22.3 Å². The molecular weight excluding hydrogens is 615 g/mol. The summed E-state index contributed by atoms with van der Waals surface area (Å²) in [5, 5.41) is 0. The third kappa shape index (κ3) is 3.93. The Morgan fingerprint density at radius 2 is 1.16 bits per heavy atom. The maximum Gasteiger partial charge on any atom is 0.0716 e. The van der Waals surface area contributed by atoms with Crippen LogP contribution in [-0.4, -0.2) is 0 Å². The molecule has 6 aromatic carbocycles. The van der Waals surface area contributed by atoms with Crippen LogP contribution in [0.1, 0.15) is 85.0 Å². The van der Waals surface area contributed by atoms with E-state index < -0.39 is 5.41 Å². The second kappa shape index (κ2) is 10.6. The van der Waals surface area contributed by atoms with Gasteiger partial charge >= 0.3 is 0 Å². The van der Waals surface area contributed by atoms with E-state index in [1.54, 1.807) is 5.57 Å². The zero-order valence-electron chi connectivity index (χ0n) is 30.2. The van der Waals surface area contributed by atoms with Gasteiger partial charge in [0.25, 0.3) is 0 Å². The fourth-order valence-electron chi connectivity index (χ4n) is 10.3. The van der Waals surface area contributed by atoms with E-state index in [-0.39, 0.29) is 10.8 Å². The van der Waals surface area contributed by atoms with Crippen LogP contribution in [0, 0.1) is 6.92 Å². The van der Waals surface area contributed by atoms with E-state index in [1.165, 1.54) is 83.8 Å². The normalized spacial score (nSPS) is 19.9. The molecule has 0 radical (unpaired) electrons. The minimum Gasteiger partial charge on any atom is -0.310 e. The van der Waals surface area contributed by atoms with Gasteiger partial charge in [-0.15, -0.1) is 0 Å². The van der Waals surface area contributed by atoms with Crippen LogP contribution in [0.4, 0.5) is 11.4 Å². The highest BCUT2D eigenvalue weighted by molar-refractivity contribution is 5.91. The highest BCUT2D eigenvalue weighted by Gasteiger charge is 2.48. The van der Waals surface area contributed by atoms with E-state index in [1.807, 2.05) is 0 Å². The zero-order valence-corrected chi connectivity index (χ0v) is 30.2. The fourth-order valence-corrected chi connectivity index (χ4v) is 10.3. The summed E-state index contributed by atoms with van der Waals surface area (Å²) in [5.41, 5.74) is 21.1. The SMILES string of the molecule is Cc1ccccc1C1(c2ccccc2)c2ccccc2-c2ccc(-c3ccc4c(c3)C(C)(C)c3cccc5c3N4C3=C(CCC=C3)C5(C)C)cc21. The highest BCUT2D eigenvalue weighted by Crippen LogP contribution is 2.60. The predicted octanol–water partition coefficient (Wildman–Crippen LogP) is 12.7. The van der Waals surface area contributed by atoms with Gasteiger partial charge in [-0.3, -0.25) is 0 Å². The number of rotatable bonds is 3. The van der Waals surface area contributed by atoms with Gasteiger partial charge in [-0.2, -0.15) is 0 Å². The highest BCUT2D eigenvalue weighted by atomic mass is 15.2. The van der Waals surface area contributed by atoms with E-state index in [9.17, 15) is 0 Å². The Morgan fingerprint density at radius 1 is 0.529 bits per heavy atom. The number of hydrogen-bond donors (Lipinski definition) is 0. The van der Waals surface area contributed by atoms with Gasteiger partial charge in [0.05, 0.1) is 16.8 Å². The summed E-state index contributed by atoms with van der Waals surface area (Å²) >= 11 is 0. The number of benzene rings is 6. The standard InChI is InChI=1S/C50H43N/c1-32-16-9-11-20-38(32)50(35-17-7-6-8-18-35)39-21-12-10-19-36(39)37-28-26-33(30-43(37)50)34-27-29-46-44(31-34)49(4,5)42-24-15-23-41-47(42)51(46)45-25-14-13-22-40(45)48(41,2)3/h6-12,14-21,23-31H,13,22H2,1-5H3. The fraction of sp³-hybridized carbons (Fsp3) is 0.200. The van der Waals surface area contributed by atoms with Crippen LogP contribution >= 0.6 is 0 Å². The summed E-state index contributed by atoms with van der Waals surface area (Å²) in [6.45, 7) is 12.0. The third-order valence-corrected chi connectivity index (χ3v) is 12.8. The van der Waals surface area contributed by atoms with Gasteiger partial charge in [0.15, 0.2) is 0 Å². The van der Waals surface area contributed by atoms with Crippen LogP contribution in [0.3, 0.4) is 0 Å². The number of nitrogens with zero attached hydrogens (tertiary/aromatic N) is 1. The lowest BCUT2D eigenvalue weighted by Crippen LogP contribution is -2.40. The van der Waals surface area contributed by atoms with E-state index in [0.717, 1.165) is 12.8 Å². The number of hydrogen-bond acceptors (Lipinski definition) is 1. The molecule has 1 nitrogen and oxygen atoms in total. The lowest BCUT2D eigenvalue weighted by Gasteiger charge is -2.50. The van der Waals surface area contributed by atoms with Crippen molar-refractivity contribution >= 4 is 11.4 Å². The van der Waals surface area contributed by atoms with Crippen LogP contribution in [0.2, 0.25) is 0 Å². The van der Waals surface area contributed by atoms with Crippen molar-refractivity contribution in [3.05, 3.63) is 201 Å². The molecule has 0 aromatic heterocycles. The molecule has 10 rings (SSSR count). The smallest absolute Gasteiger partial charge is 0.0716 e.